The maximum atomic E-state index is 13.1. The molecule has 3 aromatic rings. The van der Waals surface area contributed by atoms with Crippen molar-refractivity contribution in [3.8, 4) is 5.75 Å². The van der Waals surface area contributed by atoms with Gasteiger partial charge in [-0.25, -0.2) is 4.98 Å². The van der Waals surface area contributed by atoms with Crippen LogP contribution in [-0.4, -0.2) is 47.9 Å². The molecule has 2 amide bonds. The number of carbonyl (C=O) groups is 2. The van der Waals surface area contributed by atoms with Crippen LogP contribution < -0.4 is 25.6 Å². The van der Waals surface area contributed by atoms with Crippen molar-refractivity contribution in [3.05, 3.63) is 76.4 Å². The summed E-state index contributed by atoms with van der Waals surface area (Å²) < 4.78 is 5.99. The van der Waals surface area contributed by atoms with Crippen LogP contribution in [0.4, 0.5) is 17.2 Å². The Labute approximate surface area is 232 Å². The largest absolute Gasteiger partial charge is 0.493 e. The Hall–Kier alpha value is -4.15. The Morgan fingerprint density at radius 1 is 1.15 bits per heavy atom. The number of hydrogen-bond acceptors (Lipinski definition) is 7. The van der Waals surface area contributed by atoms with Gasteiger partial charge in [0.25, 0.3) is 5.91 Å². The Morgan fingerprint density at radius 3 is 2.59 bits per heavy atom. The molecular formula is C28H33ClN6O4. The number of hydrogen-bond donors (Lipinski definition) is 5. The molecule has 0 spiro atoms. The highest BCUT2D eigenvalue weighted by molar-refractivity contribution is 6.30. The van der Waals surface area contributed by atoms with Crippen molar-refractivity contribution in [1.82, 2.24) is 10.3 Å². The topological polar surface area (TPSA) is 140 Å². The van der Waals surface area contributed by atoms with Gasteiger partial charge in [0, 0.05) is 49.7 Å². The Balaban J connectivity index is 1.84. The van der Waals surface area contributed by atoms with Crippen molar-refractivity contribution in [1.29, 1.82) is 5.41 Å². The van der Waals surface area contributed by atoms with Crippen LogP contribution in [0.1, 0.15) is 48.0 Å². The molecule has 1 unspecified atom stereocenters. The molecule has 0 saturated heterocycles. The van der Waals surface area contributed by atoms with E-state index in [2.05, 4.69) is 20.9 Å². The van der Waals surface area contributed by atoms with Crippen LogP contribution in [0.25, 0.3) is 0 Å². The van der Waals surface area contributed by atoms with Crippen LogP contribution >= 0.6 is 11.6 Å². The SMILES string of the molecule is CC(=N)N(C)c1ccc(C(O)Nc2ccc(C)cc2C(=O)Nc2ccc(Cl)cn2)c(OCCCNC(C)=O)c1. The lowest BCUT2D eigenvalue weighted by Crippen LogP contribution is -2.23. The predicted octanol–water partition coefficient (Wildman–Crippen LogP) is 4.74. The summed E-state index contributed by atoms with van der Waals surface area (Å²) in [4.78, 5) is 30.0. The molecular weight excluding hydrogens is 520 g/mol. The zero-order chi connectivity index (χ0) is 28.5. The molecule has 0 aliphatic heterocycles. The van der Waals surface area contributed by atoms with E-state index >= 15 is 0 Å². The summed E-state index contributed by atoms with van der Waals surface area (Å²) in [6, 6.07) is 13.7. The van der Waals surface area contributed by atoms with Gasteiger partial charge in [-0.3, -0.25) is 15.0 Å². The number of amidine groups is 1. The number of aryl methyl sites for hydroxylation is 1. The minimum atomic E-state index is -1.22. The summed E-state index contributed by atoms with van der Waals surface area (Å²) in [5, 5.41) is 28.1. The maximum absolute atomic E-state index is 13.1. The molecule has 5 N–H and O–H groups in total. The summed E-state index contributed by atoms with van der Waals surface area (Å²) in [6.07, 6.45) is 0.779. The number of rotatable bonds is 11. The number of aromatic nitrogens is 1. The fraction of sp³-hybridized carbons (Fsp3) is 0.286. The number of nitrogens with one attached hydrogen (secondary N) is 4. The lowest BCUT2D eigenvalue weighted by molar-refractivity contribution is -0.118. The third-order valence-corrected chi connectivity index (χ3v) is 6.04. The predicted molar refractivity (Wildman–Crippen MR) is 154 cm³/mol. The third-order valence-electron chi connectivity index (χ3n) is 5.82. The summed E-state index contributed by atoms with van der Waals surface area (Å²) in [7, 11) is 1.76. The highest BCUT2D eigenvalue weighted by atomic mass is 35.5. The first-order valence-corrected chi connectivity index (χ1v) is 12.7. The van der Waals surface area contributed by atoms with Crippen molar-refractivity contribution in [2.75, 3.05) is 35.7 Å². The molecule has 0 aliphatic carbocycles. The molecule has 39 heavy (non-hydrogen) atoms. The van der Waals surface area contributed by atoms with E-state index in [9.17, 15) is 14.7 Å². The van der Waals surface area contributed by atoms with E-state index in [1.165, 1.54) is 13.1 Å². The van der Waals surface area contributed by atoms with Crippen molar-refractivity contribution < 1.29 is 19.4 Å². The van der Waals surface area contributed by atoms with Gasteiger partial charge in [0.1, 0.15) is 11.6 Å². The molecule has 11 heteroatoms. The fourth-order valence-electron chi connectivity index (χ4n) is 3.63. The van der Waals surface area contributed by atoms with E-state index in [1.54, 1.807) is 61.3 Å². The van der Waals surface area contributed by atoms with E-state index < -0.39 is 12.1 Å². The fourth-order valence-corrected chi connectivity index (χ4v) is 3.74. The molecule has 3 rings (SSSR count). The number of anilines is 3. The van der Waals surface area contributed by atoms with E-state index in [4.69, 9.17) is 21.7 Å². The van der Waals surface area contributed by atoms with E-state index in [-0.39, 0.29) is 5.91 Å². The number of amides is 2. The van der Waals surface area contributed by atoms with Gasteiger partial charge in [-0.2, -0.15) is 0 Å². The number of benzene rings is 2. The van der Waals surface area contributed by atoms with Gasteiger partial charge in [0.2, 0.25) is 5.91 Å². The number of aliphatic hydroxyl groups is 1. The highest BCUT2D eigenvalue weighted by Crippen LogP contribution is 2.32. The first kappa shape index (κ1) is 29.4. The van der Waals surface area contributed by atoms with Gasteiger partial charge < -0.3 is 30.7 Å². The second-order valence-corrected chi connectivity index (χ2v) is 9.40. The molecule has 10 nitrogen and oxygen atoms in total. The highest BCUT2D eigenvalue weighted by Gasteiger charge is 2.20. The minimum Gasteiger partial charge on any atom is -0.493 e. The van der Waals surface area contributed by atoms with Crippen molar-refractivity contribution in [2.24, 2.45) is 0 Å². The summed E-state index contributed by atoms with van der Waals surface area (Å²) in [5.41, 5.74) is 2.75. The molecule has 2 aromatic carbocycles. The number of nitrogens with zero attached hydrogens (tertiary/aromatic N) is 2. The summed E-state index contributed by atoms with van der Waals surface area (Å²) in [6.45, 7) is 5.73. The van der Waals surface area contributed by atoms with Gasteiger partial charge in [-0.1, -0.05) is 23.2 Å². The number of ether oxygens (including phenoxy) is 1. The van der Waals surface area contributed by atoms with Crippen LogP contribution in [0.3, 0.4) is 0 Å². The van der Waals surface area contributed by atoms with Crippen LogP contribution in [0.5, 0.6) is 5.75 Å². The lowest BCUT2D eigenvalue weighted by Gasteiger charge is -2.23. The first-order valence-electron chi connectivity index (χ1n) is 12.3. The van der Waals surface area contributed by atoms with E-state index in [1.807, 2.05) is 13.0 Å². The smallest absolute Gasteiger partial charge is 0.258 e. The van der Waals surface area contributed by atoms with E-state index in [0.29, 0.717) is 64.5 Å². The van der Waals surface area contributed by atoms with Crippen LogP contribution in [0, 0.1) is 12.3 Å². The lowest BCUT2D eigenvalue weighted by atomic mass is 10.1. The Morgan fingerprint density at radius 2 is 1.92 bits per heavy atom. The first-order chi connectivity index (χ1) is 18.5. The molecule has 0 bridgehead atoms. The molecule has 0 aliphatic rings. The Bertz CT molecular complexity index is 1330. The summed E-state index contributed by atoms with van der Waals surface area (Å²) >= 11 is 5.89. The molecule has 206 valence electrons. The number of carbonyl (C=O) groups excluding carboxylic acids is 2. The molecule has 0 fully saturated rings. The van der Waals surface area contributed by atoms with Gasteiger partial charge in [-0.05, 0) is 56.7 Å². The Kier molecular flexibility index (Phi) is 10.2. The molecule has 1 heterocycles. The monoisotopic (exact) mass is 552 g/mol. The quantitative estimate of drug-likeness (QED) is 0.100. The zero-order valence-corrected chi connectivity index (χ0v) is 23.1. The normalized spacial score (nSPS) is 11.3. The van der Waals surface area contributed by atoms with Gasteiger partial charge in [0.05, 0.1) is 23.0 Å². The number of aliphatic hydroxyl groups excluding tert-OH is 1. The standard InChI is InChI=1S/C28H33ClN6O4/c1-17-6-10-24(23(14-17)28(38)34-26-11-7-20(29)16-32-26)33-27(37)22-9-8-21(35(4)18(2)30)15-25(22)39-13-5-12-31-19(3)36/h6-11,14-16,27,30,33,37H,5,12-13H2,1-4H3,(H,31,36)(H,32,34,38). The number of pyridine rings is 1. The average Bonchev–Trinajstić information content (AvgIpc) is 2.89. The molecule has 0 saturated carbocycles. The summed E-state index contributed by atoms with van der Waals surface area (Å²) in [5.74, 6) is 0.560. The van der Waals surface area contributed by atoms with Crippen LogP contribution in [0.2, 0.25) is 5.02 Å². The molecule has 0 radical (unpaired) electrons. The van der Waals surface area contributed by atoms with Gasteiger partial charge >= 0.3 is 0 Å². The van der Waals surface area contributed by atoms with Crippen molar-refractivity contribution >= 4 is 46.4 Å². The second kappa shape index (κ2) is 13.6. The van der Waals surface area contributed by atoms with E-state index in [0.717, 1.165) is 5.56 Å². The van der Waals surface area contributed by atoms with Crippen molar-refractivity contribution in [3.63, 3.8) is 0 Å². The average molecular weight is 553 g/mol. The molecule has 1 atom stereocenters. The van der Waals surface area contributed by atoms with Gasteiger partial charge in [-0.15, -0.1) is 0 Å². The maximum Gasteiger partial charge on any atom is 0.258 e. The minimum absolute atomic E-state index is 0.120. The molecule has 1 aromatic heterocycles. The number of halogens is 1. The third kappa shape index (κ3) is 8.42. The van der Waals surface area contributed by atoms with Crippen molar-refractivity contribution in [2.45, 2.75) is 33.4 Å². The van der Waals surface area contributed by atoms with Crippen LogP contribution in [-0.2, 0) is 4.79 Å². The zero-order valence-electron chi connectivity index (χ0n) is 22.3. The van der Waals surface area contributed by atoms with Crippen LogP contribution in [0.15, 0.2) is 54.7 Å². The second-order valence-electron chi connectivity index (χ2n) is 8.96. The van der Waals surface area contributed by atoms with Gasteiger partial charge in [0.15, 0.2) is 6.23 Å².